The summed E-state index contributed by atoms with van der Waals surface area (Å²) >= 11 is 6.08. The second kappa shape index (κ2) is 12.9. The van der Waals surface area contributed by atoms with E-state index in [0.29, 0.717) is 10.7 Å². The van der Waals surface area contributed by atoms with Gasteiger partial charge in [0.25, 0.3) is 10.0 Å². The molecule has 1 N–H and O–H groups in total. The van der Waals surface area contributed by atoms with Gasteiger partial charge in [0.05, 0.1) is 10.6 Å². The molecule has 4 rings (SSSR count). The molecule has 0 aliphatic heterocycles. The van der Waals surface area contributed by atoms with E-state index in [2.05, 4.69) is 5.32 Å². The van der Waals surface area contributed by atoms with Gasteiger partial charge in [-0.05, 0) is 75.6 Å². The SMILES string of the molecule is Cc1ccc(CN(C(=O)CN(c2ccc(Cl)cc2)S(=O)(=O)c2ccc(C)cc2)C(C)C(=O)NC2CCCC2)cc1. The second-order valence-corrected chi connectivity index (χ2v) is 12.8. The maximum atomic E-state index is 14.0. The molecule has 3 aromatic carbocycles. The molecule has 2 amide bonds. The van der Waals surface area contributed by atoms with E-state index >= 15 is 0 Å². The lowest BCUT2D eigenvalue weighted by Gasteiger charge is -2.32. The number of hydrogen-bond acceptors (Lipinski definition) is 4. The monoisotopic (exact) mass is 581 g/mol. The van der Waals surface area contributed by atoms with Crippen molar-refractivity contribution < 1.29 is 18.0 Å². The Morgan fingerprint density at radius 1 is 0.900 bits per heavy atom. The Morgan fingerprint density at radius 2 is 1.45 bits per heavy atom. The first-order valence-electron chi connectivity index (χ1n) is 13.5. The molecule has 40 heavy (non-hydrogen) atoms. The zero-order valence-electron chi connectivity index (χ0n) is 23.1. The van der Waals surface area contributed by atoms with Gasteiger partial charge >= 0.3 is 0 Å². The maximum absolute atomic E-state index is 14.0. The number of nitrogens with one attached hydrogen (secondary N) is 1. The van der Waals surface area contributed by atoms with Crippen LogP contribution in [0.3, 0.4) is 0 Å². The summed E-state index contributed by atoms with van der Waals surface area (Å²) in [6.45, 7) is 5.22. The largest absolute Gasteiger partial charge is 0.352 e. The molecule has 0 radical (unpaired) electrons. The van der Waals surface area contributed by atoms with Crippen molar-refractivity contribution in [1.82, 2.24) is 10.2 Å². The molecule has 1 unspecified atom stereocenters. The fourth-order valence-corrected chi connectivity index (χ4v) is 6.38. The summed E-state index contributed by atoms with van der Waals surface area (Å²) in [5.74, 6) is -0.730. The molecule has 0 aromatic heterocycles. The lowest BCUT2D eigenvalue weighted by atomic mass is 10.1. The van der Waals surface area contributed by atoms with Gasteiger partial charge in [0.2, 0.25) is 11.8 Å². The van der Waals surface area contributed by atoms with Gasteiger partial charge in [-0.2, -0.15) is 0 Å². The third-order valence-corrected chi connectivity index (χ3v) is 9.38. The number of nitrogens with zero attached hydrogens (tertiary/aromatic N) is 2. The molecule has 1 aliphatic carbocycles. The van der Waals surface area contributed by atoms with Crippen LogP contribution >= 0.6 is 11.6 Å². The van der Waals surface area contributed by atoms with Crippen molar-refractivity contribution in [2.45, 2.75) is 70.0 Å². The predicted octanol–water partition coefficient (Wildman–Crippen LogP) is 5.63. The van der Waals surface area contributed by atoms with Crippen LogP contribution in [-0.2, 0) is 26.2 Å². The number of hydrogen-bond donors (Lipinski definition) is 1. The van der Waals surface area contributed by atoms with E-state index in [1.54, 1.807) is 43.3 Å². The molecule has 0 heterocycles. The molecule has 7 nitrogen and oxygen atoms in total. The number of rotatable bonds is 10. The van der Waals surface area contributed by atoms with Crippen LogP contribution in [0.5, 0.6) is 0 Å². The van der Waals surface area contributed by atoms with Crippen LogP contribution < -0.4 is 9.62 Å². The fourth-order valence-electron chi connectivity index (χ4n) is 4.84. The van der Waals surface area contributed by atoms with Crippen LogP contribution in [0.15, 0.2) is 77.7 Å². The van der Waals surface area contributed by atoms with E-state index in [9.17, 15) is 18.0 Å². The molecule has 1 fully saturated rings. The van der Waals surface area contributed by atoms with Gasteiger partial charge < -0.3 is 10.2 Å². The molecule has 212 valence electrons. The van der Waals surface area contributed by atoms with Crippen LogP contribution in [0.4, 0.5) is 5.69 Å². The molecule has 1 saturated carbocycles. The molecule has 9 heteroatoms. The minimum Gasteiger partial charge on any atom is -0.352 e. The van der Waals surface area contributed by atoms with Crippen molar-refractivity contribution in [2.24, 2.45) is 0 Å². The van der Waals surface area contributed by atoms with Crippen LogP contribution in [-0.4, -0.2) is 43.8 Å². The molecule has 0 bridgehead atoms. The Kier molecular flexibility index (Phi) is 9.53. The van der Waals surface area contributed by atoms with Crippen molar-refractivity contribution >= 4 is 39.1 Å². The summed E-state index contributed by atoms with van der Waals surface area (Å²) in [6, 6.07) is 19.8. The molecule has 3 aromatic rings. The van der Waals surface area contributed by atoms with Crippen molar-refractivity contribution in [2.75, 3.05) is 10.8 Å². The van der Waals surface area contributed by atoms with Crippen LogP contribution in [0.25, 0.3) is 0 Å². The number of carbonyl (C=O) groups excluding carboxylic acids is 2. The first-order chi connectivity index (χ1) is 19.0. The highest BCUT2D eigenvalue weighted by atomic mass is 35.5. The van der Waals surface area contributed by atoms with Gasteiger partial charge in [-0.1, -0.05) is 72.0 Å². The predicted molar refractivity (Wildman–Crippen MR) is 159 cm³/mol. The summed E-state index contributed by atoms with van der Waals surface area (Å²) in [6.07, 6.45) is 3.98. The van der Waals surface area contributed by atoms with Gasteiger partial charge in [0, 0.05) is 17.6 Å². The van der Waals surface area contributed by atoms with E-state index in [0.717, 1.165) is 46.7 Å². The van der Waals surface area contributed by atoms with Crippen molar-refractivity contribution in [3.05, 3.63) is 94.5 Å². The third-order valence-electron chi connectivity index (χ3n) is 7.34. The molecule has 0 spiro atoms. The Balaban J connectivity index is 1.67. The zero-order chi connectivity index (χ0) is 28.9. The number of aryl methyl sites for hydroxylation is 2. The van der Waals surface area contributed by atoms with Crippen LogP contribution in [0, 0.1) is 13.8 Å². The van der Waals surface area contributed by atoms with E-state index in [1.165, 1.54) is 17.0 Å². The van der Waals surface area contributed by atoms with Crippen molar-refractivity contribution in [1.29, 1.82) is 0 Å². The standard InChI is InChI=1S/C31H36ClN3O4S/c1-22-8-12-25(13-9-22)20-34(24(3)31(37)33-27-6-4-5-7-27)30(36)21-35(28-16-14-26(32)15-17-28)40(38,39)29-18-10-23(2)11-19-29/h8-19,24,27H,4-7,20-21H2,1-3H3,(H,33,37). The Labute approximate surface area is 242 Å². The highest BCUT2D eigenvalue weighted by Gasteiger charge is 2.33. The first-order valence-corrected chi connectivity index (χ1v) is 15.4. The van der Waals surface area contributed by atoms with Gasteiger partial charge in [-0.15, -0.1) is 0 Å². The van der Waals surface area contributed by atoms with Crippen LogP contribution in [0.1, 0.15) is 49.3 Å². The highest BCUT2D eigenvalue weighted by molar-refractivity contribution is 7.92. The Morgan fingerprint density at radius 3 is 2.02 bits per heavy atom. The van der Waals surface area contributed by atoms with Crippen LogP contribution in [0.2, 0.25) is 5.02 Å². The average molecular weight is 582 g/mol. The first kappa shape index (κ1) is 29.6. The third kappa shape index (κ3) is 7.23. The van der Waals surface area contributed by atoms with Gasteiger partial charge in [0.1, 0.15) is 12.6 Å². The van der Waals surface area contributed by atoms with Crippen molar-refractivity contribution in [3.63, 3.8) is 0 Å². The van der Waals surface area contributed by atoms with E-state index < -0.39 is 28.5 Å². The summed E-state index contributed by atoms with van der Waals surface area (Å²) in [7, 11) is -4.11. The zero-order valence-corrected chi connectivity index (χ0v) is 24.7. The second-order valence-electron chi connectivity index (χ2n) is 10.5. The number of sulfonamides is 1. The number of anilines is 1. The summed E-state index contributed by atoms with van der Waals surface area (Å²) in [5, 5.41) is 3.53. The molecule has 1 aliphatic rings. The topological polar surface area (TPSA) is 86.8 Å². The Hall–Kier alpha value is -3.36. The number of halogens is 1. The summed E-state index contributed by atoms with van der Waals surface area (Å²) < 4.78 is 28.8. The average Bonchev–Trinajstić information content (AvgIpc) is 3.44. The fraction of sp³-hybridized carbons (Fsp3) is 0.355. The normalized spacial score (nSPS) is 14.5. The van der Waals surface area contributed by atoms with E-state index in [-0.39, 0.29) is 23.4 Å². The smallest absolute Gasteiger partial charge is 0.264 e. The van der Waals surface area contributed by atoms with E-state index in [4.69, 9.17) is 11.6 Å². The minimum absolute atomic E-state index is 0.0676. The minimum atomic E-state index is -4.11. The Bertz CT molecular complexity index is 1420. The van der Waals surface area contributed by atoms with E-state index in [1.807, 2.05) is 38.1 Å². The summed E-state index contributed by atoms with van der Waals surface area (Å²) in [4.78, 5) is 28.8. The molecular formula is C31H36ClN3O4S. The number of carbonyl (C=O) groups is 2. The lowest BCUT2D eigenvalue weighted by Crippen LogP contribution is -2.52. The van der Waals surface area contributed by atoms with Gasteiger partial charge in [-0.25, -0.2) is 8.42 Å². The summed E-state index contributed by atoms with van der Waals surface area (Å²) in [5.41, 5.74) is 3.14. The molecular weight excluding hydrogens is 546 g/mol. The maximum Gasteiger partial charge on any atom is 0.264 e. The lowest BCUT2D eigenvalue weighted by molar-refractivity contribution is -0.139. The number of amides is 2. The quantitative estimate of drug-likeness (QED) is 0.336. The van der Waals surface area contributed by atoms with Gasteiger partial charge in [0.15, 0.2) is 0 Å². The highest BCUT2D eigenvalue weighted by Crippen LogP contribution is 2.26. The van der Waals surface area contributed by atoms with Crippen molar-refractivity contribution in [3.8, 4) is 0 Å². The van der Waals surface area contributed by atoms with Gasteiger partial charge in [-0.3, -0.25) is 13.9 Å². The number of benzene rings is 3. The molecule has 1 atom stereocenters. The molecule has 0 saturated heterocycles.